The second-order valence-electron chi connectivity index (χ2n) is 4.43. The van der Waals surface area contributed by atoms with Crippen molar-refractivity contribution < 1.29 is 4.79 Å². The molecule has 8 nitrogen and oxygen atoms in total. The van der Waals surface area contributed by atoms with Gasteiger partial charge in [-0.15, -0.1) is 0 Å². The van der Waals surface area contributed by atoms with Gasteiger partial charge in [-0.1, -0.05) is 0 Å². The number of carbonyl (C=O) groups excluding carboxylic acids is 1. The summed E-state index contributed by atoms with van der Waals surface area (Å²) in [5, 5.41) is 6.68. The van der Waals surface area contributed by atoms with Gasteiger partial charge in [0.2, 0.25) is 5.91 Å². The van der Waals surface area contributed by atoms with Crippen LogP contribution in [0.2, 0.25) is 0 Å². The summed E-state index contributed by atoms with van der Waals surface area (Å²) in [6.45, 7) is 2.20. The molecule has 0 atom stereocenters. The molecule has 1 N–H and O–H groups in total. The molecule has 0 saturated heterocycles. The van der Waals surface area contributed by atoms with Crippen molar-refractivity contribution >= 4 is 5.91 Å². The van der Waals surface area contributed by atoms with E-state index >= 15 is 0 Å². The van der Waals surface area contributed by atoms with Crippen molar-refractivity contribution in [3.8, 4) is 0 Å². The summed E-state index contributed by atoms with van der Waals surface area (Å²) in [5.41, 5.74) is 0.206. The van der Waals surface area contributed by atoms with Crippen LogP contribution in [0.3, 0.4) is 0 Å². The topological polar surface area (TPSA) is 98.9 Å². The minimum absolute atomic E-state index is 0.108. The Kier molecular flexibility index (Phi) is 4.60. The number of aromatic nitrogens is 4. The third-order valence-corrected chi connectivity index (χ3v) is 2.75. The van der Waals surface area contributed by atoms with Gasteiger partial charge < -0.3 is 5.32 Å². The Labute approximate surface area is 120 Å². The maximum atomic E-state index is 11.7. The van der Waals surface area contributed by atoms with Gasteiger partial charge in [0.05, 0.1) is 18.6 Å². The van der Waals surface area contributed by atoms with Crippen molar-refractivity contribution in [2.45, 2.75) is 20.0 Å². The highest BCUT2D eigenvalue weighted by Crippen LogP contribution is 1.85. The van der Waals surface area contributed by atoms with E-state index in [2.05, 4.69) is 15.4 Å². The van der Waals surface area contributed by atoms with Crippen LogP contribution in [0.5, 0.6) is 0 Å². The highest BCUT2D eigenvalue weighted by Gasteiger charge is 2.04. The molecule has 2 aromatic heterocycles. The monoisotopic (exact) mass is 289 g/mol. The molecular weight excluding hydrogens is 274 g/mol. The first-order valence-corrected chi connectivity index (χ1v) is 6.38. The minimum atomic E-state index is -0.328. The van der Waals surface area contributed by atoms with E-state index in [-0.39, 0.29) is 36.7 Å². The summed E-state index contributed by atoms with van der Waals surface area (Å²) in [6.07, 6.45) is 2.67. The number of nitrogens with one attached hydrogen (secondary N) is 1. The van der Waals surface area contributed by atoms with E-state index in [9.17, 15) is 14.4 Å². The van der Waals surface area contributed by atoms with E-state index in [0.29, 0.717) is 0 Å². The second kappa shape index (κ2) is 6.60. The molecule has 8 heteroatoms. The van der Waals surface area contributed by atoms with Crippen LogP contribution in [0, 0.1) is 6.92 Å². The summed E-state index contributed by atoms with van der Waals surface area (Å²) in [7, 11) is 0. The average Bonchev–Trinajstić information content (AvgIpc) is 2.45. The molecule has 2 heterocycles. The normalized spacial score (nSPS) is 10.3. The third kappa shape index (κ3) is 4.10. The molecule has 0 unspecified atom stereocenters. The molecule has 110 valence electrons. The molecule has 0 aliphatic carbocycles. The lowest BCUT2D eigenvalue weighted by Gasteiger charge is -2.08. The molecule has 0 bridgehead atoms. The third-order valence-electron chi connectivity index (χ3n) is 2.75. The zero-order valence-electron chi connectivity index (χ0n) is 11.5. The quantitative estimate of drug-likeness (QED) is 0.755. The molecule has 0 aliphatic heterocycles. The Bertz CT molecular complexity index is 750. The van der Waals surface area contributed by atoms with Gasteiger partial charge in [0.1, 0.15) is 6.54 Å². The molecule has 0 spiro atoms. The molecule has 0 radical (unpaired) electrons. The van der Waals surface area contributed by atoms with Crippen LogP contribution in [0.15, 0.2) is 40.3 Å². The molecular formula is C13H15N5O3. The van der Waals surface area contributed by atoms with E-state index in [0.717, 1.165) is 5.69 Å². The highest BCUT2D eigenvalue weighted by atomic mass is 16.2. The van der Waals surface area contributed by atoms with Crippen molar-refractivity contribution in [2.75, 3.05) is 6.54 Å². The van der Waals surface area contributed by atoms with Crippen molar-refractivity contribution in [1.82, 2.24) is 24.6 Å². The standard InChI is InChI=1S/C13H15N5O3/c1-10-2-3-13(21)18(16-10)7-6-15-11(19)8-17-9-14-5-4-12(17)20/h2-5,9H,6-8H2,1H3,(H,15,19). The Hall–Kier alpha value is -2.77. The summed E-state index contributed by atoms with van der Waals surface area (Å²) < 4.78 is 2.48. The van der Waals surface area contributed by atoms with Crippen LogP contribution in [0.4, 0.5) is 0 Å². The first kappa shape index (κ1) is 14.6. The maximum absolute atomic E-state index is 11.7. The summed E-state index contributed by atoms with van der Waals surface area (Å²) in [5.74, 6) is -0.328. The molecule has 2 aromatic rings. The number of hydrogen-bond acceptors (Lipinski definition) is 5. The summed E-state index contributed by atoms with van der Waals surface area (Å²) in [4.78, 5) is 38.4. The largest absolute Gasteiger partial charge is 0.353 e. The number of rotatable bonds is 5. The fourth-order valence-electron chi connectivity index (χ4n) is 1.72. The van der Waals surface area contributed by atoms with E-state index < -0.39 is 0 Å². The van der Waals surface area contributed by atoms with Gasteiger partial charge in [-0.25, -0.2) is 9.67 Å². The lowest BCUT2D eigenvalue weighted by atomic mass is 10.4. The van der Waals surface area contributed by atoms with Gasteiger partial charge >= 0.3 is 0 Å². The van der Waals surface area contributed by atoms with Crippen molar-refractivity contribution in [3.05, 3.63) is 57.1 Å². The summed E-state index contributed by atoms with van der Waals surface area (Å²) >= 11 is 0. The van der Waals surface area contributed by atoms with Crippen LogP contribution in [0.25, 0.3) is 0 Å². The second-order valence-corrected chi connectivity index (χ2v) is 4.43. The van der Waals surface area contributed by atoms with Gasteiger partial charge in [0, 0.05) is 24.9 Å². The Balaban J connectivity index is 1.88. The lowest BCUT2D eigenvalue weighted by Crippen LogP contribution is -2.35. The number of aryl methyl sites for hydroxylation is 1. The van der Waals surface area contributed by atoms with Crippen LogP contribution in [0.1, 0.15) is 5.69 Å². The van der Waals surface area contributed by atoms with Crippen molar-refractivity contribution in [3.63, 3.8) is 0 Å². The number of hydrogen-bond donors (Lipinski definition) is 1. The molecule has 2 rings (SSSR count). The zero-order chi connectivity index (χ0) is 15.2. The van der Waals surface area contributed by atoms with Crippen LogP contribution in [-0.2, 0) is 17.9 Å². The molecule has 1 amide bonds. The number of nitrogens with zero attached hydrogens (tertiary/aromatic N) is 4. The molecule has 0 fully saturated rings. The average molecular weight is 289 g/mol. The van der Waals surface area contributed by atoms with Gasteiger partial charge in [-0.3, -0.25) is 19.0 Å². The van der Waals surface area contributed by atoms with Gasteiger partial charge in [-0.2, -0.15) is 5.10 Å². The van der Waals surface area contributed by atoms with Gasteiger partial charge in [0.15, 0.2) is 0 Å². The van der Waals surface area contributed by atoms with Gasteiger partial charge in [-0.05, 0) is 13.0 Å². The predicted molar refractivity (Wildman–Crippen MR) is 74.7 cm³/mol. The SMILES string of the molecule is Cc1ccc(=O)n(CCNC(=O)Cn2cnccc2=O)n1. The smallest absolute Gasteiger partial charge is 0.266 e. The fraction of sp³-hybridized carbons (Fsp3) is 0.308. The highest BCUT2D eigenvalue weighted by molar-refractivity contribution is 5.75. The van der Waals surface area contributed by atoms with Crippen molar-refractivity contribution in [2.24, 2.45) is 0 Å². The van der Waals surface area contributed by atoms with Crippen LogP contribution in [-0.4, -0.2) is 31.8 Å². The molecule has 21 heavy (non-hydrogen) atoms. The van der Waals surface area contributed by atoms with Crippen molar-refractivity contribution in [1.29, 1.82) is 0 Å². The Morgan fingerprint density at radius 1 is 1.24 bits per heavy atom. The number of amides is 1. The van der Waals surface area contributed by atoms with E-state index in [1.165, 1.54) is 33.9 Å². The zero-order valence-corrected chi connectivity index (χ0v) is 11.5. The van der Waals surface area contributed by atoms with E-state index in [4.69, 9.17) is 0 Å². The van der Waals surface area contributed by atoms with Crippen LogP contribution >= 0.6 is 0 Å². The lowest BCUT2D eigenvalue weighted by molar-refractivity contribution is -0.121. The summed E-state index contributed by atoms with van der Waals surface area (Å²) in [6, 6.07) is 4.34. The fourth-order valence-corrected chi connectivity index (χ4v) is 1.72. The minimum Gasteiger partial charge on any atom is -0.353 e. The Morgan fingerprint density at radius 3 is 2.81 bits per heavy atom. The van der Waals surface area contributed by atoms with Crippen LogP contribution < -0.4 is 16.4 Å². The first-order chi connectivity index (χ1) is 10.1. The van der Waals surface area contributed by atoms with E-state index in [1.54, 1.807) is 13.0 Å². The molecule has 0 saturated carbocycles. The first-order valence-electron chi connectivity index (χ1n) is 6.38. The Morgan fingerprint density at radius 2 is 2.05 bits per heavy atom. The molecule has 0 aliphatic rings. The maximum Gasteiger partial charge on any atom is 0.266 e. The molecule has 0 aromatic carbocycles. The van der Waals surface area contributed by atoms with E-state index in [1.807, 2.05) is 0 Å². The number of carbonyl (C=O) groups is 1. The van der Waals surface area contributed by atoms with Gasteiger partial charge in [0.25, 0.3) is 11.1 Å². The predicted octanol–water partition coefficient (Wildman–Crippen LogP) is -1.08.